The first-order valence-electron chi connectivity index (χ1n) is 7.51. The van der Waals surface area contributed by atoms with Crippen LogP contribution < -0.4 is 5.32 Å². The Morgan fingerprint density at radius 2 is 1.83 bits per heavy atom. The number of hydrogen-bond donors (Lipinski definition) is 2. The van der Waals surface area contributed by atoms with Gasteiger partial charge in [0.15, 0.2) is 0 Å². The Kier molecular flexibility index (Phi) is 3.31. The molecule has 1 aliphatic rings. The highest BCUT2D eigenvalue weighted by Crippen LogP contribution is 2.25. The molecule has 1 aliphatic heterocycles. The number of fused-ring (bicyclic) bond motifs is 1. The second-order valence-corrected chi connectivity index (χ2v) is 5.62. The van der Waals surface area contributed by atoms with Crippen molar-refractivity contribution in [3.8, 4) is 11.1 Å². The molecule has 2 aromatic carbocycles. The van der Waals surface area contributed by atoms with E-state index < -0.39 is 0 Å². The number of carbonyl (C=O) groups excluding carboxylic acids is 1. The molecule has 0 aliphatic carbocycles. The average Bonchev–Trinajstić information content (AvgIpc) is 3.24. The van der Waals surface area contributed by atoms with Crippen LogP contribution in [0.2, 0.25) is 0 Å². The maximum atomic E-state index is 12.5. The molecule has 5 nitrogen and oxygen atoms in total. The van der Waals surface area contributed by atoms with Crippen molar-refractivity contribution < 1.29 is 4.79 Å². The van der Waals surface area contributed by atoms with Gasteiger partial charge in [0.25, 0.3) is 0 Å². The highest BCUT2D eigenvalue weighted by atomic mass is 16.2. The molecule has 0 saturated heterocycles. The van der Waals surface area contributed by atoms with Crippen LogP contribution in [-0.2, 0) is 13.1 Å². The van der Waals surface area contributed by atoms with Crippen molar-refractivity contribution in [2.75, 3.05) is 5.32 Å². The van der Waals surface area contributed by atoms with Crippen LogP contribution in [-0.4, -0.2) is 21.1 Å². The zero-order valence-electron chi connectivity index (χ0n) is 12.5. The van der Waals surface area contributed by atoms with Gasteiger partial charge >= 0.3 is 6.03 Å². The fourth-order valence-electron chi connectivity index (χ4n) is 2.86. The van der Waals surface area contributed by atoms with Crippen LogP contribution in [0.25, 0.3) is 11.1 Å². The van der Waals surface area contributed by atoms with Gasteiger partial charge in [-0.3, -0.25) is 5.10 Å². The van der Waals surface area contributed by atoms with E-state index in [4.69, 9.17) is 0 Å². The molecule has 4 rings (SSSR count). The molecule has 0 unspecified atom stereocenters. The number of nitrogens with one attached hydrogen (secondary N) is 2. The number of aromatic amines is 1. The number of amides is 2. The molecule has 0 bridgehead atoms. The van der Waals surface area contributed by atoms with Crippen molar-refractivity contribution in [1.82, 2.24) is 15.1 Å². The van der Waals surface area contributed by atoms with E-state index in [1.54, 1.807) is 6.20 Å². The highest BCUT2D eigenvalue weighted by molar-refractivity contribution is 5.90. The summed E-state index contributed by atoms with van der Waals surface area (Å²) < 4.78 is 0. The smallest absolute Gasteiger partial charge is 0.316 e. The number of H-pyrrole nitrogens is 1. The van der Waals surface area contributed by atoms with Gasteiger partial charge in [0, 0.05) is 30.5 Å². The molecule has 114 valence electrons. The number of benzene rings is 2. The fraction of sp³-hybridized carbons (Fsp3) is 0.111. The topological polar surface area (TPSA) is 61.0 Å². The lowest BCUT2D eigenvalue weighted by Gasteiger charge is -2.16. The third kappa shape index (κ3) is 2.68. The summed E-state index contributed by atoms with van der Waals surface area (Å²) in [5.74, 6) is 0. The molecule has 0 spiro atoms. The number of urea groups is 1. The summed E-state index contributed by atoms with van der Waals surface area (Å²) in [5.41, 5.74) is 5.23. The maximum absolute atomic E-state index is 12.5. The highest BCUT2D eigenvalue weighted by Gasteiger charge is 2.22. The van der Waals surface area contributed by atoms with Crippen molar-refractivity contribution in [2.45, 2.75) is 13.1 Å². The monoisotopic (exact) mass is 304 g/mol. The van der Waals surface area contributed by atoms with Crippen molar-refractivity contribution in [2.24, 2.45) is 0 Å². The first-order valence-corrected chi connectivity index (χ1v) is 7.51. The number of hydrogen-bond acceptors (Lipinski definition) is 2. The lowest BCUT2D eigenvalue weighted by Crippen LogP contribution is -2.30. The minimum atomic E-state index is -0.0782. The van der Waals surface area contributed by atoms with Crippen LogP contribution in [0, 0.1) is 0 Å². The molecule has 5 heteroatoms. The minimum absolute atomic E-state index is 0.0782. The van der Waals surface area contributed by atoms with E-state index in [9.17, 15) is 4.79 Å². The lowest BCUT2D eigenvalue weighted by molar-refractivity contribution is 0.212. The van der Waals surface area contributed by atoms with Crippen molar-refractivity contribution >= 4 is 11.7 Å². The van der Waals surface area contributed by atoms with E-state index in [2.05, 4.69) is 27.6 Å². The Hall–Kier alpha value is -3.08. The number of carbonyl (C=O) groups is 1. The number of aromatic nitrogens is 2. The molecular weight excluding hydrogens is 288 g/mol. The van der Waals surface area contributed by atoms with Gasteiger partial charge in [-0.15, -0.1) is 0 Å². The Morgan fingerprint density at radius 3 is 2.52 bits per heavy atom. The Balaban J connectivity index is 1.49. The van der Waals surface area contributed by atoms with Gasteiger partial charge in [-0.2, -0.15) is 5.10 Å². The maximum Gasteiger partial charge on any atom is 0.322 e. The number of nitrogens with zero attached hydrogens (tertiary/aromatic N) is 2. The van der Waals surface area contributed by atoms with Gasteiger partial charge < -0.3 is 10.2 Å². The number of rotatable bonds is 2. The predicted octanol–water partition coefficient (Wildman–Crippen LogP) is 3.62. The summed E-state index contributed by atoms with van der Waals surface area (Å²) >= 11 is 0. The first-order chi connectivity index (χ1) is 11.3. The molecule has 0 radical (unpaired) electrons. The van der Waals surface area contributed by atoms with E-state index in [1.807, 2.05) is 47.5 Å². The van der Waals surface area contributed by atoms with E-state index in [0.29, 0.717) is 13.1 Å². The Bertz CT molecular complexity index is 817. The molecule has 2 N–H and O–H groups in total. The fourth-order valence-corrected chi connectivity index (χ4v) is 2.86. The van der Waals surface area contributed by atoms with Crippen molar-refractivity contribution in [3.63, 3.8) is 0 Å². The van der Waals surface area contributed by atoms with Gasteiger partial charge in [-0.05, 0) is 28.8 Å². The SMILES string of the molecule is O=C(Nc1cccc(-c2cn[nH]c2)c1)N1Cc2ccccc2C1. The van der Waals surface area contributed by atoms with Crippen LogP contribution in [0.3, 0.4) is 0 Å². The average molecular weight is 304 g/mol. The standard InChI is InChI=1S/C18H16N4O/c23-18(22-11-14-4-1-2-5-15(14)12-22)21-17-7-3-6-13(8-17)16-9-19-20-10-16/h1-10H,11-12H2,(H,19,20)(H,21,23). The zero-order chi connectivity index (χ0) is 15.6. The van der Waals surface area contributed by atoms with Gasteiger partial charge in [-0.1, -0.05) is 36.4 Å². The Labute approximate surface area is 134 Å². The molecule has 0 atom stereocenters. The molecular formula is C18H16N4O. The van der Waals surface area contributed by atoms with Crippen molar-refractivity contribution in [1.29, 1.82) is 0 Å². The minimum Gasteiger partial charge on any atom is -0.316 e. The second kappa shape index (κ2) is 5.61. The quantitative estimate of drug-likeness (QED) is 0.759. The van der Waals surface area contributed by atoms with E-state index in [1.165, 1.54) is 11.1 Å². The summed E-state index contributed by atoms with van der Waals surface area (Å²) in [6, 6.07) is 15.8. The summed E-state index contributed by atoms with van der Waals surface area (Å²) in [6.07, 6.45) is 3.59. The summed E-state index contributed by atoms with van der Waals surface area (Å²) in [5, 5.41) is 9.73. The van der Waals surface area contributed by atoms with Gasteiger partial charge in [0.05, 0.1) is 6.20 Å². The molecule has 1 aromatic heterocycles. The molecule has 0 saturated carbocycles. The lowest BCUT2D eigenvalue weighted by atomic mass is 10.1. The van der Waals surface area contributed by atoms with Crippen LogP contribution >= 0.6 is 0 Å². The van der Waals surface area contributed by atoms with Crippen LogP contribution in [0.4, 0.5) is 10.5 Å². The molecule has 2 heterocycles. The third-order valence-corrected chi connectivity index (χ3v) is 4.07. The largest absolute Gasteiger partial charge is 0.322 e. The summed E-state index contributed by atoms with van der Waals surface area (Å²) in [4.78, 5) is 14.3. The number of anilines is 1. The normalized spacial score (nSPS) is 13.0. The molecule has 0 fully saturated rings. The Morgan fingerprint density at radius 1 is 1.04 bits per heavy atom. The van der Waals surface area contributed by atoms with E-state index in [0.717, 1.165) is 16.8 Å². The van der Waals surface area contributed by atoms with E-state index >= 15 is 0 Å². The van der Waals surface area contributed by atoms with Gasteiger partial charge in [-0.25, -0.2) is 4.79 Å². The van der Waals surface area contributed by atoms with Crippen LogP contribution in [0.15, 0.2) is 60.9 Å². The second-order valence-electron chi connectivity index (χ2n) is 5.62. The summed E-state index contributed by atoms with van der Waals surface area (Å²) in [7, 11) is 0. The van der Waals surface area contributed by atoms with Crippen LogP contribution in [0.1, 0.15) is 11.1 Å². The van der Waals surface area contributed by atoms with Gasteiger partial charge in [0.2, 0.25) is 0 Å². The molecule has 3 aromatic rings. The van der Waals surface area contributed by atoms with E-state index in [-0.39, 0.29) is 6.03 Å². The summed E-state index contributed by atoms with van der Waals surface area (Å²) in [6.45, 7) is 1.31. The third-order valence-electron chi connectivity index (χ3n) is 4.07. The molecule has 2 amide bonds. The van der Waals surface area contributed by atoms with Gasteiger partial charge in [0.1, 0.15) is 0 Å². The van der Waals surface area contributed by atoms with Crippen LogP contribution in [0.5, 0.6) is 0 Å². The predicted molar refractivity (Wildman–Crippen MR) is 88.7 cm³/mol. The molecule has 23 heavy (non-hydrogen) atoms. The van der Waals surface area contributed by atoms with Crippen molar-refractivity contribution in [3.05, 3.63) is 72.1 Å². The zero-order valence-corrected chi connectivity index (χ0v) is 12.5. The first kappa shape index (κ1) is 13.6.